The summed E-state index contributed by atoms with van der Waals surface area (Å²) in [5.74, 6) is 1.00. The summed E-state index contributed by atoms with van der Waals surface area (Å²) in [7, 11) is 0. The Morgan fingerprint density at radius 1 is 1.35 bits per heavy atom. The van der Waals surface area contributed by atoms with Crippen LogP contribution in [0.2, 0.25) is 5.02 Å². The third-order valence-corrected chi connectivity index (χ3v) is 3.26. The van der Waals surface area contributed by atoms with E-state index in [1.165, 1.54) is 5.56 Å². The van der Waals surface area contributed by atoms with Crippen LogP contribution in [0.15, 0.2) is 6.07 Å². The van der Waals surface area contributed by atoms with Crippen molar-refractivity contribution in [2.24, 2.45) is 5.73 Å². The van der Waals surface area contributed by atoms with Crippen molar-refractivity contribution in [1.82, 2.24) is 0 Å². The molecule has 1 aromatic carbocycles. The minimum absolute atomic E-state index is 0.693. The highest BCUT2D eigenvalue weighted by molar-refractivity contribution is 6.31. The smallest absolute Gasteiger partial charge is 0.125 e. The van der Waals surface area contributed by atoms with Crippen LogP contribution in [0.1, 0.15) is 36.5 Å². The van der Waals surface area contributed by atoms with E-state index in [4.69, 9.17) is 22.1 Å². The molecule has 0 saturated carbocycles. The zero-order valence-electron chi connectivity index (χ0n) is 11.0. The van der Waals surface area contributed by atoms with Gasteiger partial charge in [0.2, 0.25) is 0 Å². The second kappa shape index (κ2) is 6.87. The first-order chi connectivity index (χ1) is 8.11. The topological polar surface area (TPSA) is 35.2 Å². The van der Waals surface area contributed by atoms with Gasteiger partial charge in [-0.2, -0.15) is 0 Å². The molecule has 2 nitrogen and oxygen atoms in total. The van der Waals surface area contributed by atoms with Gasteiger partial charge in [-0.25, -0.2) is 0 Å². The maximum atomic E-state index is 6.22. The Kier molecular flexibility index (Phi) is 5.79. The Balaban J connectivity index is 3.09. The van der Waals surface area contributed by atoms with Gasteiger partial charge in [-0.05, 0) is 62.4 Å². The molecule has 1 rings (SSSR count). The van der Waals surface area contributed by atoms with Crippen LogP contribution >= 0.6 is 11.6 Å². The molecule has 17 heavy (non-hydrogen) atoms. The quantitative estimate of drug-likeness (QED) is 0.842. The molecule has 0 aliphatic carbocycles. The predicted molar refractivity (Wildman–Crippen MR) is 74.1 cm³/mol. The minimum atomic E-state index is 0.693. The highest BCUT2D eigenvalue weighted by Gasteiger charge is 2.13. The average molecular weight is 256 g/mol. The van der Waals surface area contributed by atoms with Crippen LogP contribution in [0.4, 0.5) is 0 Å². The van der Waals surface area contributed by atoms with E-state index in [1.807, 2.05) is 19.9 Å². The number of benzene rings is 1. The Labute approximate surface area is 109 Å². The summed E-state index contributed by atoms with van der Waals surface area (Å²) in [6, 6.07) is 1.98. The molecule has 0 unspecified atom stereocenters. The molecule has 0 fully saturated rings. The molecular formula is C14H22ClNO. The van der Waals surface area contributed by atoms with Crippen molar-refractivity contribution in [1.29, 1.82) is 0 Å². The maximum absolute atomic E-state index is 6.22. The predicted octanol–water partition coefficient (Wildman–Crippen LogP) is 3.64. The number of hydrogen-bond donors (Lipinski definition) is 1. The van der Waals surface area contributed by atoms with Crippen molar-refractivity contribution in [2.45, 2.75) is 40.0 Å². The van der Waals surface area contributed by atoms with E-state index >= 15 is 0 Å². The second-order valence-electron chi connectivity index (χ2n) is 4.35. The number of halogens is 1. The van der Waals surface area contributed by atoms with Gasteiger partial charge in [0, 0.05) is 5.02 Å². The lowest BCUT2D eigenvalue weighted by atomic mass is 9.99. The van der Waals surface area contributed by atoms with Gasteiger partial charge in [-0.1, -0.05) is 18.5 Å². The van der Waals surface area contributed by atoms with Gasteiger partial charge in [0.25, 0.3) is 0 Å². The molecule has 0 amide bonds. The third kappa shape index (κ3) is 3.62. The normalized spacial score (nSPS) is 10.6. The van der Waals surface area contributed by atoms with E-state index in [1.54, 1.807) is 0 Å². The number of nitrogens with two attached hydrogens (primary N) is 1. The molecule has 0 saturated heterocycles. The molecule has 3 heteroatoms. The number of rotatable bonds is 6. The lowest BCUT2D eigenvalue weighted by Gasteiger charge is -2.17. The molecular weight excluding hydrogens is 234 g/mol. The van der Waals surface area contributed by atoms with E-state index in [-0.39, 0.29) is 0 Å². The molecule has 2 N–H and O–H groups in total. The van der Waals surface area contributed by atoms with Gasteiger partial charge in [0.1, 0.15) is 5.75 Å². The van der Waals surface area contributed by atoms with Crippen LogP contribution in [0.25, 0.3) is 0 Å². The molecule has 0 aliphatic rings. The van der Waals surface area contributed by atoms with Crippen molar-refractivity contribution < 1.29 is 4.74 Å². The van der Waals surface area contributed by atoms with Crippen molar-refractivity contribution in [2.75, 3.05) is 13.2 Å². The standard InChI is InChI=1S/C14H22ClNO/c1-4-8-17-14-10(2)9-13(15)11(3)12(14)6-5-7-16/h9H,4-8,16H2,1-3H3. The molecule has 0 radical (unpaired) electrons. The Bertz CT molecular complexity index is 377. The highest BCUT2D eigenvalue weighted by Crippen LogP contribution is 2.33. The molecule has 0 atom stereocenters. The van der Waals surface area contributed by atoms with E-state index in [9.17, 15) is 0 Å². The zero-order chi connectivity index (χ0) is 12.8. The Morgan fingerprint density at radius 3 is 2.65 bits per heavy atom. The first kappa shape index (κ1) is 14.3. The molecule has 1 aromatic rings. The summed E-state index contributed by atoms with van der Waals surface area (Å²) in [6.45, 7) is 7.64. The fourth-order valence-electron chi connectivity index (χ4n) is 1.90. The summed E-state index contributed by atoms with van der Waals surface area (Å²) >= 11 is 6.22. The van der Waals surface area contributed by atoms with Crippen LogP contribution in [0.5, 0.6) is 5.75 Å². The summed E-state index contributed by atoms with van der Waals surface area (Å²) in [5, 5.41) is 0.818. The van der Waals surface area contributed by atoms with Crippen molar-refractivity contribution in [3.8, 4) is 5.75 Å². The third-order valence-electron chi connectivity index (χ3n) is 2.87. The maximum Gasteiger partial charge on any atom is 0.125 e. The lowest BCUT2D eigenvalue weighted by Crippen LogP contribution is -2.06. The lowest BCUT2D eigenvalue weighted by molar-refractivity contribution is 0.311. The van der Waals surface area contributed by atoms with Gasteiger partial charge in [0.15, 0.2) is 0 Å². The Morgan fingerprint density at radius 2 is 2.06 bits per heavy atom. The molecule has 0 aliphatic heterocycles. The molecule has 96 valence electrons. The van der Waals surface area contributed by atoms with E-state index in [0.717, 1.165) is 47.8 Å². The number of aryl methyl sites for hydroxylation is 1. The molecule has 0 heterocycles. The number of ether oxygens (including phenoxy) is 1. The first-order valence-electron chi connectivity index (χ1n) is 6.23. The van der Waals surface area contributed by atoms with Crippen molar-refractivity contribution in [3.05, 3.63) is 27.8 Å². The first-order valence-corrected chi connectivity index (χ1v) is 6.61. The van der Waals surface area contributed by atoms with Crippen LogP contribution in [-0.2, 0) is 6.42 Å². The second-order valence-corrected chi connectivity index (χ2v) is 4.76. The minimum Gasteiger partial charge on any atom is -0.493 e. The molecule has 0 bridgehead atoms. The van der Waals surface area contributed by atoms with Crippen LogP contribution in [0.3, 0.4) is 0 Å². The average Bonchev–Trinajstić information content (AvgIpc) is 2.30. The van der Waals surface area contributed by atoms with E-state index in [0.29, 0.717) is 6.54 Å². The summed E-state index contributed by atoms with van der Waals surface area (Å²) in [5.41, 5.74) is 9.03. The van der Waals surface area contributed by atoms with Gasteiger partial charge < -0.3 is 10.5 Å². The monoisotopic (exact) mass is 255 g/mol. The van der Waals surface area contributed by atoms with Gasteiger partial charge in [-0.15, -0.1) is 0 Å². The SMILES string of the molecule is CCCOc1c(C)cc(Cl)c(C)c1CCCN. The number of hydrogen-bond acceptors (Lipinski definition) is 2. The van der Waals surface area contributed by atoms with Crippen LogP contribution in [0, 0.1) is 13.8 Å². The summed E-state index contributed by atoms with van der Waals surface area (Å²) in [6.07, 6.45) is 2.91. The zero-order valence-corrected chi connectivity index (χ0v) is 11.7. The summed E-state index contributed by atoms with van der Waals surface area (Å²) < 4.78 is 5.85. The summed E-state index contributed by atoms with van der Waals surface area (Å²) in [4.78, 5) is 0. The van der Waals surface area contributed by atoms with E-state index < -0.39 is 0 Å². The molecule has 0 spiro atoms. The van der Waals surface area contributed by atoms with Crippen LogP contribution in [-0.4, -0.2) is 13.2 Å². The van der Waals surface area contributed by atoms with Crippen molar-refractivity contribution in [3.63, 3.8) is 0 Å². The van der Waals surface area contributed by atoms with Gasteiger partial charge >= 0.3 is 0 Å². The van der Waals surface area contributed by atoms with Gasteiger partial charge in [-0.3, -0.25) is 0 Å². The fourth-order valence-corrected chi connectivity index (χ4v) is 2.18. The van der Waals surface area contributed by atoms with Gasteiger partial charge in [0.05, 0.1) is 6.61 Å². The van der Waals surface area contributed by atoms with Crippen LogP contribution < -0.4 is 10.5 Å². The fraction of sp³-hybridized carbons (Fsp3) is 0.571. The highest BCUT2D eigenvalue weighted by atomic mass is 35.5. The molecule has 0 aromatic heterocycles. The Hall–Kier alpha value is -0.730. The van der Waals surface area contributed by atoms with Crippen molar-refractivity contribution >= 4 is 11.6 Å². The largest absolute Gasteiger partial charge is 0.493 e. The van der Waals surface area contributed by atoms with E-state index in [2.05, 4.69) is 6.92 Å².